The monoisotopic (exact) mass is 166 g/mol. The number of hydrogen-bond acceptors (Lipinski definition) is 1. The SMILES string of the molecule is CCOC1=CC2(CCCC2)CC1. The molecule has 0 amide bonds. The molecule has 1 spiro atoms. The zero-order valence-corrected chi connectivity index (χ0v) is 7.94. The van der Waals surface area contributed by atoms with E-state index in [1.54, 1.807) is 0 Å². The van der Waals surface area contributed by atoms with Crippen LogP contribution in [0.2, 0.25) is 0 Å². The van der Waals surface area contributed by atoms with E-state index in [1.165, 1.54) is 44.3 Å². The van der Waals surface area contributed by atoms with Crippen LogP contribution in [-0.2, 0) is 4.74 Å². The van der Waals surface area contributed by atoms with Gasteiger partial charge in [-0.05, 0) is 37.7 Å². The fourth-order valence-corrected chi connectivity index (χ4v) is 2.63. The van der Waals surface area contributed by atoms with Crippen LogP contribution in [-0.4, -0.2) is 6.61 Å². The predicted octanol–water partition coefficient (Wildman–Crippen LogP) is 3.26. The van der Waals surface area contributed by atoms with E-state index in [-0.39, 0.29) is 0 Å². The van der Waals surface area contributed by atoms with Gasteiger partial charge in [-0.3, -0.25) is 0 Å². The van der Waals surface area contributed by atoms with Gasteiger partial charge in [0.1, 0.15) is 0 Å². The van der Waals surface area contributed by atoms with Gasteiger partial charge in [-0.15, -0.1) is 0 Å². The molecule has 1 heteroatoms. The second kappa shape index (κ2) is 3.12. The van der Waals surface area contributed by atoms with Gasteiger partial charge in [0.25, 0.3) is 0 Å². The largest absolute Gasteiger partial charge is 0.499 e. The number of hydrogen-bond donors (Lipinski definition) is 0. The molecule has 1 nitrogen and oxygen atoms in total. The predicted molar refractivity (Wildman–Crippen MR) is 49.8 cm³/mol. The molecule has 2 aliphatic rings. The van der Waals surface area contributed by atoms with E-state index in [4.69, 9.17) is 4.74 Å². The van der Waals surface area contributed by atoms with Crippen molar-refractivity contribution in [3.05, 3.63) is 11.8 Å². The summed E-state index contributed by atoms with van der Waals surface area (Å²) in [5.41, 5.74) is 0.574. The Morgan fingerprint density at radius 3 is 2.75 bits per heavy atom. The molecule has 0 N–H and O–H groups in total. The highest BCUT2D eigenvalue weighted by atomic mass is 16.5. The molecule has 0 aromatic rings. The molecular formula is C11H18O. The molecule has 12 heavy (non-hydrogen) atoms. The van der Waals surface area contributed by atoms with E-state index < -0.39 is 0 Å². The van der Waals surface area contributed by atoms with Crippen molar-refractivity contribution in [1.82, 2.24) is 0 Å². The van der Waals surface area contributed by atoms with Crippen LogP contribution in [0.5, 0.6) is 0 Å². The number of ether oxygens (including phenoxy) is 1. The minimum Gasteiger partial charge on any atom is -0.499 e. The number of rotatable bonds is 2. The molecule has 1 fully saturated rings. The molecule has 0 atom stereocenters. The smallest absolute Gasteiger partial charge is 0.0925 e. The fourth-order valence-electron chi connectivity index (χ4n) is 2.63. The first-order valence-corrected chi connectivity index (χ1v) is 5.19. The van der Waals surface area contributed by atoms with Crippen LogP contribution >= 0.6 is 0 Å². The zero-order valence-electron chi connectivity index (χ0n) is 7.94. The van der Waals surface area contributed by atoms with Gasteiger partial charge < -0.3 is 4.74 Å². The van der Waals surface area contributed by atoms with Gasteiger partial charge in [0, 0.05) is 6.42 Å². The van der Waals surface area contributed by atoms with E-state index in [9.17, 15) is 0 Å². The van der Waals surface area contributed by atoms with Crippen LogP contribution in [0, 0.1) is 5.41 Å². The van der Waals surface area contributed by atoms with Crippen LogP contribution in [0.4, 0.5) is 0 Å². The molecule has 0 radical (unpaired) electrons. The standard InChI is InChI=1S/C11H18O/c1-2-12-10-5-8-11(9-10)6-3-4-7-11/h9H,2-8H2,1H3. The molecule has 2 aliphatic carbocycles. The number of allylic oxidation sites excluding steroid dienone is 2. The van der Waals surface area contributed by atoms with Gasteiger partial charge in [0.2, 0.25) is 0 Å². The summed E-state index contributed by atoms with van der Waals surface area (Å²) in [7, 11) is 0. The van der Waals surface area contributed by atoms with E-state index >= 15 is 0 Å². The second-order valence-corrected chi connectivity index (χ2v) is 4.11. The summed E-state index contributed by atoms with van der Waals surface area (Å²) in [6, 6.07) is 0. The Hall–Kier alpha value is -0.460. The summed E-state index contributed by atoms with van der Waals surface area (Å²) in [5.74, 6) is 1.26. The lowest BCUT2D eigenvalue weighted by Gasteiger charge is -2.18. The van der Waals surface area contributed by atoms with E-state index in [1.807, 2.05) is 0 Å². The molecule has 1 saturated carbocycles. The van der Waals surface area contributed by atoms with Crippen molar-refractivity contribution in [2.75, 3.05) is 6.61 Å². The topological polar surface area (TPSA) is 9.23 Å². The van der Waals surface area contributed by atoms with Crippen LogP contribution in [0.15, 0.2) is 11.8 Å². The molecule has 0 heterocycles. The van der Waals surface area contributed by atoms with E-state index in [0.29, 0.717) is 5.41 Å². The Morgan fingerprint density at radius 2 is 2.08 bits per heavy atom. The first-order chi connectivity index (χ1) is 5.85. The van der Waals surface area contributed by atoms with Crippen LogP contribution in [0.3, 0.4) is 0 Å². The molecule has 0 unspecified atom stereocenters. The van der Waals surface area contributed by atoms with Gasteiger partial charge in [-0.1, -0.05) is 12.8 Å². The third-order valence-corrected chi connectivity index (χ3v) is 3.27. The highest BCUT2D eigenvalue weighted by Crippen LogP contribution is 2.48. The van der Waals surface area contributed by atoms with Gasteiger partial charge in [0.05, 0.1) is 12.4 Å². The molecule has 0 aromatic carbocycles. The Balaban J connectivity index is 2.02. The molecule has 2 rings (SSSR count). The average molecular weight is 166 g/mol. The normalized spacial score (nSPS) is 26.2. The van der Waals surface area contributed by atoms with Gasteiger partial charge in [-0.25, -0.2) is 0 Å². The molecule has 0 bridgehead atoms. The third-order valence-electron chi connectivity index (χ3n) is 3.27. The summed E-state index contributed by atoms with van der Waals surface area (Å²) in [6.07, 6.45) is 10.6. The first kappa shape index (κ1) is 8.15. The fraction of sp³-hybridized carbons (Fsp3) is 0.818. The minimum absolute atomic E-state index is 0.574. The van der Waals surface area contributed by atoms with Crippen molar-refractivity contribution in [3.8, 4) is 0 Å². The summed E-state index contributed by atoms with van der Waals surface area (Å²) < 4.78 is 5.55. The Kier molecular flexibility index (Phi) is 2.12. The Bertz CT molecular complexity index is 187. The Morgan fingerprint density at radius 1 is 1.33 bits per heavy atom. The second-order valence-electron chi connectivity index (χ2n) is 4.11. The maximum absolute atomic E-state index is 5.55. The van der Waals surface area contributed by atoms with Gasteiger partial charge in [-0.2, -0.15) is 0 Å². The Labute approximate surface area is 74.8 Å². The lowest BCUT2D eigenvalue weighted by atomic mass is 9.86. The average Bonchev–Trinajstić information content (AvgIpc) is 2.65. The van der Waals surface area contributed by atoms with Crippen LogP contribution < -0.4 is 0 Å². The van der Waals surface area contributed by atoms with Crippen LogP contribution in [0.25, 0.3) is 0 Å². The maximum Gasteiger partial charge on any atom is 0.0925 e. The lowest BCUT2D eigenvalue weighted by molar-refractivity contribution is 0.223. The molecule has 0 aliphatic heterocycles. The van der Waals surface area contributed by atoms with Crippen LogP contribution in [0.1, 0.15) is 45.4 Å². The first-order valence-electron chi connectivity index (χ1n) is 5.19. The zero-order chi connectivity index (χ0) is 8.44. The van der Waals surface area contributed by atoms with Crippen molar-refractivity contribution in [1.29, 1.82) is 0 Å². The van der Waals surface area contributed by atoms with Gasteiger partial charge >= 0.3 is 0 Å². The van der Waals surface area contributed by atoms with Crippen molar-refractivity contribution in [3.63, 3.8) is 0 Å². The highest BCUT2D eigenvalue weighted by molar-refractivity contribution is 5.13. The quantitative estimate of drug-likeness (QED) is 0.611. The minimum atomic E-state index is 0.574. The molecule has 0 saturated heterocycles. The van der Waals surface area contributed by atoms with Gasteiger partial charge in [0.15, 0.2) is 0 Å². The summed E-state index contributed by atoms with van der Waals surface area (Å²) >= 11 is 0. The summed E-state index contributed by atoms with van der Waals surface area (Å²) in [6.45, 7) is 2.91. The summed E-state index contributed by atoms with van der Waals surface area (Å²) in [5, 5.41) is 0. The molecule has 0 aromatic heterocycles. The molecule has 68 valence electrons. The van der Waals surface area contributed by atoms with Crippen molar-refractivity contribution in [2.24, 2.45) is 5.41 Å². The highest BCUT2D eigenvalue weighted by Gasteiger charge is 2.36. The van der Waals surface area contributed by atoms with Crippen molar-refractivity contribution >= 4 is 0 Å². The lowest BCUT2D eigenvalue weighted by Crippen LogP contribution is -2.07. The van der Waals surface area contributed by atoms with E-state index in [0.717, 1.165) is 6.61 Å². The molecular weight excluding hydrogens is 148 g/mol. The third kappa shape index (κ3) is 1.37. The van der Waals surface area contributed by atoms with Crippen molar-refractivity contribution < 1.29 is 4.74 Å². The van der Waals surface area contributed by atoms with E-state index in [2.05, 4.69) is 13.0 Å². The maximum atomic E-state index is 5.55. The summed E-state index contributed by atoms with van der Waals surface area (Å²) in [4.78, 5) is 0. The van der Waals surface area contributed by atoms with Crippen molar-refractivity contribution in [2.45, 2.75) is 45.4 Å².